The normalized spacial score (nSPS) is 27.7. The molecule has 3 heteroatoms. The molecule has 16 heavy (non-hydrogen) atoms. The van der Waals surface area contributed by atoms with Crippen molar-refractivity contribution < 1.29 is 9.84 Å². The van der Waals surface area contributed by atoms with E-state index in [1.165, 1.54) is 5.56 Å². The van der Waals surface area contributed by atoms with Gasteiger partial charge in [-0.2, -0.15) is 0 Å². The summed E-state index contributed by atoms with van der Waals surface area (Å²) < 4.78 is 5.71. The highest BCUT2D eigenvalue weighted by Gasteiger charge is 2.42. The smallest absolute Gasteiger partial charge is 0.0949 e. The molecule has 86 valence electrons. The van der Waals surface area contributed by atoms with Crippen molar-refractivity contribution in [1.82, 2.24) is 5.32 Å². The number of morpholine rings is 1. The van der Waals surface area contributed by atoms with Gasteiger partial charge in [-0.15, -0.1) is 0 Å². The van der Waals surface area contributed by atoms with Gasteiger partial charge in [0, 0.05) is 13.1 Å². The third-order valence-electron chi connectivity index (χ3n) is 3.45. The lowest BCUT2D eigenvalue weighted by molar-refractivity contribution is 0.0275. The van der Waals surface area contributed by atoms with Gasteiger partial charge in [0.1, 0.15) is 0 Å². The molecule has 2 N–H and O–H groups in total. The van der Waals surface area contributed by atoms with Crippen LogP contribution in [-0.2, 0) is 10.3 Å². The Balaban J connectivity index is 1.84. The summed E-state index contributed by atoms with van der Waals surface area (Å²) in [6.07, 6.45) is 1.91. The quantitative estimate of drug-likeness (QED) is 0.788. The molecule has 2 aliphatic rings. The first kappa shape index (κ1) is 10.3. The summed E-state index contributed by atoms with van der Waals surface area (Å²) in [7, 11) is 0. The second kappa shape index (κ2) is 3.84. The highest BCUT2D eigenvalue weighted by molar-refractivity contribution is 5.33. The van der Waals surface area contributed by atoms with E-state index in [1.807, 2.05) is 12.1 Å². The van der Waals surface area contributed by atoms with Crippen LogP contribution in [0.3, 0.4) is 0 Å². The molecule has 0 spiro atoms. The minimum Gasteiger partial charge on any atom is -0.385 e. The highest BCUT2D eigenvalue weighted by Crippen LogP contribution is 2.45. The molecule has 0 amide bonds. The number of hydrogen-bond acceptors (Lipinski definition) is 3. The summed E-state index contributed by atoms with van der Waals surface area (Å²) in [4.78, 5) is 0. The largest absolute Gasteiger partial charge is 0.385 e. The molecule has 1 aliphatic carbocycles. The summed E-state index contributed by atoms with van der Waals surface area (Å²) in [6.45, 7) is 2.56. The van der Waals surface area contributed by atoms with Gasteiger partial charge in [0.25, 0.3) is 0 Å². The summed E-state index contributed by atoms with van der Waals surface area (Å²) in [5.41, 5.74) is 1.67. The molecule has 3 rings (SSSR count). The van der Waals surface area contributed by atoms with E-state index in [4.69, 9.17) is 4.74 Å². The first-order chi connectivity index (χ1) is 7.78. The van der Waals surface area contributed by atoms with Crippen molar-refractivity contribution in [3.8, 4) is 0 Å². The molecule has 1 aliphatic heterocycles. The molecule has 1 saturated carbocycles. The standard InChI is InChI=1S/C13H17NO2/c15-13(4-5-13)11-3-1-2-10(8-11)12-9-14-6-7-16-12/h1-3,8,12,14-15H,4-7,9H2. The average molecular weight is 219 g/mol. The van der Waals surface area contributed by atoms with E-state index >= 15 is 0 Å². The van der Waals surface area contributed by atoms with E-state index in [-0.39, 0.29) is 6.10 Å². The molecule has 1 aromatic rings. The van der Waals surface area contributed by atoms with Gasteiger partial charge in [-0.1, -0.05) is 24.3 Å². The van der Waals surface area contributed by atoms with Crippen LogP contribution in [0, 0.1) is 0 Å². The zero-order valence-corrected chi connectivity index (χ0v) is 9.28. The molecule has 2 fully saturated rings. The maximum atomic E-state index is 10.1. The molecule has 1 atom stereocenters. The summed E-state index contributed by atoms with van der Waals surface area (Å²) in [6, 6.07) is 8.18. The van der Waals surface area contributed by atoms with Crippen LogP contribution < -0.4 is 5.32 Å². The fourth-order valence-corrected chi connectivity index (χ4v) is 2.21. The van der Waals surface area contributed by atoms with Crippen LogP contribution in [0.4, 0.5) is 0 Å². The van der Waals surface area contributed by atoms with Gasteiger partial charge < -0.3 is 15.2 Å². The molecule has 1 heterocycles. The predicted molar refractivity (Wildman–Crippen MR) is 61.1 cm³/mol. The number of rotatable bonds is 2. The maximum absolute atomic E-state index is 10.1. The fourth-order valence-electron chi connectivity index (χ4n) is 2.21. The number of aliphatic hydroxyl groups is 1. The Morgan fingerprint density at radius 2 is 2.25 bits per heavy atom. The van der Waals surface area contributed by atoms with Gasteiger partial charge in [0.2, 0.25) is 0 Å². The van der Waals surface area contributed by atoms with E-state index in [2.05, 4.69) is 17.4 Å². The Morgan fingerprint density at radius 3 is 2.94 bits per heavy atom. The molecule has 1 aromatic carbocycles. The van der Waals surface area contributed by atoms with Gasteiger partial charge in [-0.05, 0) is 24.0 Å². The van der Waals surface area contributed by atoms with Crippen LogP contribution in [-0.4, -0.2) is 24.8 Å². The molecular weight excluding hydrogens is 202 g/mol. The maximum Gasteiger partial charge on any atom is 0.0949 e. The highest BCUT2D eigenvalue weighted by atomic mass is 16.5. The monoisotopic (exact) mass is 219 g/mol. The number of benzene rings is 1. The van der Waals surface area contributed by atoms with Gasteiger partial charge >= 0.3 is 0 Å². The summed E-state index contributed by atoms with van der Waals surface area (Å²) in [5.74, 6) is 0. The van der Waals surface area contributed by atoms with E-state index in [1.54, 1.807) is 0 Å². The molecule has 0 radical (unpaired) electrons. The van der Waals surface area contributed by atoms with E-state index in [0.717, 1.165) is 38.1 Å². The Kier molecular flexibility index (Phi) is 2.46. The van der Waals surface area contributed by atoms with E-state index in [0.29, 0.717) is 0 Å². The van der Waals surface area contributed by atoms with Gasteiger partial charge in [-0.25, -0.2) is 0 Å². The van der Waals surface area contributed by atoms with Crippen molar-refractivity contribution in [2.24, 2.45) is 0 Å². The topological polar surface area (TPSA) is 41.5 Å². The molecule has 0 bridgehead atoms. The van der Waals surface area contributed by atoms with Crippen LogP contribution in [0.2, 0.25) is 0 Å². The van der Waals surface area contributed by atoms with Crippen molar-refractivity contribution in [3.63, 3.8) is 0 Å². The van der Waals surface area contributed by atoms with Crippen molar-refractivity contribution in [2.45, 2.75) is 24.5 Å². The van der Waals surface area contributed by atoms with E-state index < -0.39 is 5.60 Å². The lowest BCUT2D eigenvalue weighted by Crippen LogP contribution is -2.33. The summed E-state index contributed by atoms with van der Waals surface area (Å²) >= 11 is 0. The Bertz CT molecular complexity index is 381. The Hall–Kier alpha value is -0.900. The third kappa shape index (κ3) is 1.86. The van der Waals surface area contributed by atoms with Crippen LogP contribution in [0.1, 0.15) is 30.1 Å². The molecule has 0 aromatic heterocycles. The first-order valence-electron chi connectivity index (χ1n) is 5.93. The van der Waals surface area contributed by atoms with Crippen molar-refractivity contribution >= 4 is 0 Å². The average Bonchev–Trinajstić information content (AvgIpc) is 3.10. The molecule has 1 saturated heterocycles. The minimum atomic E-state index is -0.544. The van der Waals surface area contributed by atoms with Gasteiger partial charge in [0.15, 0.2) is 0 Å². The number of nitrogens with one attached hydrogen (secondary N) is 1. The van der Waals surface area contributed by atoms with Crippen molar-refractivity contribution in [2.75, 3.05) is 19.7 Å². The van der Waals surface area contributed by atoms with Crippen LogP contribution in [0.15, 0.2) is 24.3 Å². The van der Waals surface area contributed by atoms with Gasteiger partial charge in [-0.3, -0.25) is 0 Å². The van der Waals surface area contributed by atoms with Gasteiger partial charge in [0.05, 0.1) is 18.3 Å². The lowest BCUT2D eigenvalue weighted by atomic mass is 10.0. The zero-order valence-electron chi connectivity index (χ0n) is 9.28. The molecule has 1 unspecified atom stereocenters. The van der Waals surface area contributed by atoms with Crippen LogP contribution in [0.5, 0.6) is 0 Å². The predicted octanol–water partition coefficient (Wildman–Crippen LogP) is 1.33. The second-order valence-corrected chi connectivity index (χ2v) is 4.72. The summed E-state index contributed by atoms with van der Waals surface area (Å²) in [5, 5.41) is 13.4. The second-order valence-electron chi connectivity index (χ2n) is 4.72. The van der Waals surface area contributed by atoms with Crippen molar-refractivity contribution in [1.29, 1.82) is 0 Å². The third-order valence-corrected chi connectivity index (χ3v) is 3.45. The lowest BCUT2D eigenvalue weighted by Gasteiger charge is -2.24. The Labute approximate surface area is 95.4 Å². The number of ether oxygens (including phenoxy) is 1. The fraction of sp³-hybridized carbons (Fsp3) is 0.538. The molecule has 3 nitrogen and oxygen atoms in total. The first-order valence-corrected chi connectivity index (χ1v) is 5.93. The molecular formula is C13H17NO2. The van der Waals surface area contributed by atoms with E-state index in [9.17, 15) is 5.11 Å². The van der Waals surface area contributed by atoms with Crippen LogP contribution >= 0.6 is 0 Å². The number of hydrogen-bond donors (Lipinski definition) is 2. The van der Waals surface area contributed by atoms with Crippen molar-refractivity contribution in [3.05, 3.63) is 35.4 Å². The van der Waals surface area contributed by atoms with Crippen LogP contribution in [0.25, 0.3) is 0 Å². The SMILES string of the molecule is OC1(c2cccc(C3CNCCO3)c2)CC1. The zero-order chi connectivity index (χ0) is 11.0. The minimum absolute atomic E-state index is 0.135. The Morgan fingerprint density at radius 1 is 1.38 bits per heavy atom.